The minimum absolute atomic E-state index is 0.340. The summed E-state index contributed by atoms with van der Waals surface area (Å²) in [6.45, 7) is 3.63. The number of benzene rings is 1. The molecule has 0 fully saturated rings. The Balaban J connectivity index is 1.47. The third kappa shape index (κ3) is 3.55. The molecular weight excluding hydrogens is 449 g/mol. The number of halogens is 1. The molecule has 0 atom stereocenters. The molecule has 0 unspecified atom stereocenters. The van der Waals surface area contributed by atoms with Gasteiger partial charge in [-0.3, -0.25) is 15.1 Å². The highest BCUT2D eigenvalue weighted by Gasteiger charge is 2.18. The zero-order valence-corrected chi connectivity index (χ0v) is 19.1. The van der Waals surface area contributed by atoms with Crippen molar-refractivity contribution in [2.75, 3.05) is 6.54 Å². The quantitative estimate of drug-likeness (QED) is 0.298. The summed E-state index contributed by atoms with van der Waals surface area (Å²) in [6.07, 6.45) is 5.32. The molecule has 5 aromatic heterocycles. The fourth-order valence-corrected chi connectivity index (χ4v) is 4.80. The third-order valence-electron chi connectivity index (χ3n) is 5.71. The molecule has 6 rings (SSSR count). The van der Waals surface area contributed by atoms with Gasteiger partial charge in [0.05, 0.1) is 10.4 Å². The lowest BCUT2D eigenvalue weighted by Crippen LogP contribution is -2.11. The minimum Gasteiger partial charge on any atom is -0.336 e. The first-order chi connectivity index (χ1) is 16.7. The summed E-state index contributed by atoms with van der Waals surface area (Å²) in [5, 5.41) is 13.2. The van der Waals surface area contributed by atoms with E-state index in [9.17, 15) is 0 Å². The van der Waals surface area contributed by atoms with Gasteiger partial charge in [-0.2, -0.15) is 5.10 Å². The summed E-state index contributed by atoms with van der Waals surface area (Å²) in [5.41, 5.74) is 5.93. The number of aromatic amines is 2. The van der Waals surface area contributed by atoms with Crippen molar-refractivity contribution in [3.05, 3.63) is 71.7 Å². The van der Waals surface area contributed by atoms with Gasteiger partial charge in [0.1, 0.15) is 28.2 Å². The van der Waals surface area contributed by atoms with E-state index in [1.54, 1.807) is 23.7 Å². The van der Waals surface area contributed by atoms with Crippen LogP contribution in [0.1, 0.15) is 12.5 Å². The standard InChI is InChI=1S/C25H20FN7S/c1-2-27-11-14-8-16(13-28-12-14)15-9-17-21(18(26)10-15)32-33-22(17)25-30-19-5-6-29-24(23(19)31-25)20-4-3-7-34-20/h3-10,12-13,27H,2,11H2,1H3,(H,30,31)(H,32,33). The maximum atomic E-state index is 15.1. The Labute approximate surface area is 198 Å². The molecule has 1 aromatic carbocycles. The molecule has 0 bridgehead atoms. The number of rotatable bonds is 6. The van der Waals surface area contributed by atoms with E-state index >= 15 is 4.39 Å². The zero-order valence-electron chi connectivity index (χ0n) is 18.3. The molecule has 0 aliphatic carbocycles. The number of aromatic nitrogens is 6. The number of nitrogens with one attached hydrogen (secondary N) is 3. The molecule has 6 aromatic rings. The Kier molecular flexibility index (Phi) is 5.12. The normalized spacial score (nSPS) is 11.6. The smallest absolute Gasteiger partial charge is 0.159 e. The second-order valence-corrected chi connectivity index (χ2v) is 8.88. The van der Waals surface area contributed by atoms with Crippen LogP contribution in [-0.2, 0) is 6.54 Å². The van der Waals surface area contributed by atoms with Crippen LogP contribution in [0.4, 0.5) is 4.39 Å². The predicted molar refractivity (Wildman–Crippen MR) is 133 cm³/mol. The van der Waals surface area contributed by atoms with E-state index in [0.717, 1.165) is 44.8 Å². The van der Waals surface area contributed by atoms with Gasteiger partial charge in [-0.15, -0.1) is 11.3 Å². The van der Waals surface area contributed by atoms with Crippen LogP contribution in [0.2, 0.25) is 0 Å². The van der Waals surface area contributed by atoms with Gasteiger partial charge in [-0.25, -0.2) is 9.37 Å². The maximum Gasteiger partial charge on any atom is 0.159 e. The van der Waals surface area contributed by atoms with E-state index in [1.165, 1.54) is 6.07 Å². The molecule has 34 heavy (non-hydrogen) atoms. The molecule has 0 saturated heterocycles. The topological polar surface area (TPSA) is 95.2 Å². The van der Waals surface area contributed by atoms with E-state index in [4.69, 9.17) is 4.98 Å². The molecule has 5 heterocycles. The van der Waals surface area contributed by atoms with Gasteiger partial charge >= 0.3 is 0 Å². The number of imidazole rings is 1. The second kappa shape index (κ2) is 8.44. The van der Waals surface area contributed by atoms with E-state index in [2.05, 4.69) is 37.4 Å². The average Bonchev–Trinajstić information content (AvgIpc) is 3.62. The zero-order chi connectivity index (χ0) is 23.1. The van der Waals surface area contributed by atoms with Crippen LogP contribution in [0.15, 0.2) is 60.4 Å². The van der Waals surface area contributed by atoms with Gasteiger partial charge < -0.3 is 10.3 Å². The molecule has 0 spiro atoms. The molecule has 7 nitrogen and oxygen atoms in total. The van der Waals surface area contributed by atoms with Gasteiger partial charge in [-0.1, -0.05) is 13.0 Å². The first-order valence-corrected chi connectivity index (χ1v) is 11.8. The third-order valence-corrected chi connectivity index (χ3v) is 6.59. The number of H-pyrrole nitrogens is 2. The molecule has 0 aliphatic heterocycles. The summed E-state index contributed by atoms with van der Waals surface area (Å²) in [4.78, 5) is 18.0. The van der Waals surface area contributed by atoms with E-state index in [1.807, 2.05) is 41.9 Å². The lowest BCUT2D eigenvalue weighted by atomic mass is 10.0. The number of thiophene rings is 1. The Morgan fingerprint density at radius 2 is 2.03 bits per heavy atom. The van der Waals surface area contributed by atoms with Crippen molar-refractivity contribution in [3.63, 3.8) is 0 Å². The first kappa shape index (κ1) is 20.6. The number of fused-ring (bicyclic) bond motifs is 2. The lowest BCUT2D eigenvalue weighted by Gasteiger charge is -2.07. The summed E-state index contributed by atoms with van der Waals surface area (Å²) < 4.78 is 15.1. The molecule has 0 radical (unpaired) electrons. The predicted octanol–water partition coefficient (Wildman–Crippen LogP) is 5.54. The Morgan fingerprint density at radius 1 is 1.09 bits per heavy atom. The highest BCUT2D eigenvalue weighted by Crippen LogP contribution is 2.34. The van der Waals surface area contributed by atoms with Gasteiger partial charge in [0.15, 0.2) is 5.82 Å². The Bertz CT molecular complexity index is 1620. The van der Waals surface area contributed by atoms with Crippen LogP contribution in [0.5, 0.6) is 0 Å². The van der Waals surface area contributed by atoms with Crippen molar-refractivity contribution in [1.82, 2.24) is 35.5 Å². The molecule has 168 valence electrons. The van der Waals surface area contributed by atoms with Crippen molar-refractivity contribution >= 4 is 33.3 Å². The van der Waals surface area contributed by atoms with Gasteiger partial charge in [0.2, 0.25) is 0 Å². The second-order valence-electron chi connectivity index (χ2n) is 7.93. The summed E-state index contributed by atoms with van der Waals surface area (Å²) in [6, 6.07) is 11.3. The van der Waals surface area contributed by atoms with Gasteiger partial charge in [0, 0.05) is 36.1 Å². The number of pyridine rings is 2. The van der Waals surface area contributed by atoms with Crippen LogP contribution in [-0.4, -0.2) is 36.7 Å². The van der Waals surface area contributed by atoms with Crippen LogP contribution in [0, 0.1) is 5.82 Å². The van der Waals surface area contributed by atoms with Crippen LogP contribution in [0.25, 0.3) is 55.2 Å². The van der Waals surface area contributed by atoms with E-state index in [-0.39, 0.29) is 5.82 Å². The van der Waals surface area contributed by atoms with Crippen molar-refractivity contribution < 1.29 is 4.39 Å². The number of nitrogens with zero attached hydrogens (tertiary/aromatic N) is 4. The Hall–Kier alpha value is -3.95. The van der Waals surface area contributed by atoms with Crippen molar-refractivity contribution in [3.8, 4) is 33.2 Å². The highest BCUT2D eigenvalue weighted by atomic mass is 32.1. The maximum absolute atomic E-state index is 15.1. The van der Waals surface area contributed by atoms with Crippen LogP contribution >= 0.6 is 11.3 Å². The summed E-state index contributed by atoms with van der Waals surface area (Å²) in [7, 11) is 0. The molecule has 0 saturated carbocycles. The van der Waals surface area contributed by atoms with Crippen LogP contribution in [0.3, 0.4) is 0 Å². The molecule has 9 heteroatoms. The molecule has 0 amide bonds. The fraction of sp³-hybridized carbons (Fsp3) is 0.120. The summed E-state index contributed by atoms with van der Waals surface area (Å²) in [5.74, 6) is 0.183. The number of hydrogen-bond acceptors (Lipinski definition) is 6. The molecule has 3 N–H and O–H groups in total. The van der Waals surface area contributed by atoms with E-state index < -0.39 is 0 Å². The van der Waals surface area contributed by atoms with Crippen molar-refractivity contribution in [2.24, 2.45) is 0 Å². The van der Waals surface area contributed by atoms with Crippen molar-refractivity contribution in [2.45, 2.75) is 13.5 Å². The van der Waals surface area contributed by atoms with E-state index in [0.29, 0.717) is 29.0 Å². The fourth-order valence-electron chi connectivity index (χ4n) is 4.08. The largest absolute Gasteiger partial charge is 0.336 e. The van der Waals surface area contributed by atoms with Gasteiger partial charge in [-0.05, 0) is 53.4 Å². The Morgan fingerprint density at radius 3 is 2.88 bits per heavy atom. The summed E-state index contributed by atoms with van der Waals surface area (Å²) >= 11 is 1.61. The van der Waals surface area contributed by atoms with Crippen LogP contribution < -0.4 is 5.32 Å². The van der Waals surface area contributed by atoms with Crippen molar-refractivity contribution in [1.29, 1.82) is 0 Å². The first-order valence-electron chi connectivity index (χ1n) is 10.9. The minimum atomic E-state index is -0.375. The number of hydrogen-bond donors (Lipinski definition) is 3. The average molecular weight is 470 g/mol. The molecular formula is C25H20FN7S. The monoisotopic (exact) mass is 469 g/mol. The highest BCUT2D eigenvalue weighted by molar-refractivity contribution is 7.13. The molecule has 0 aliphatic rings. The van der Waals surface area contributed by atoms with Gasteiger partial charge in [0.25, 0.3) is 0 Å². The lowest BCUT2D eigenvalue weighted by molar-refractivity contribution is 0.636. The SMILES string of the molecule is CCNCc1cncc(-c2cc(F)c3[nH]nc(-c4nc5c(-c6cccs6)nccc5[nH]4)c3c2)c1.